The van der Waals surface area contributed by atoms with Crippen LogP contribution in [0.1, 0.15) is 242 Å². The summed E-state index contributed by atoms with van der Waals surface area (Å²) >= 11 is 3.22. The molecule has 0 aromatic heterocycles. The molecule has 0 saturated heterocycles. The van der Waals surface area contributed by atoms with Crippen molar-refractivity contribution >= 4 is 50.1 Å². The van der Waals surface area contributed by atoms with Gasteiger partial charge in [0, 0.05) is 30.6 Å². The van der Waals surface area contributed by atoms with Gasteiger partial charge in [0.1, 0.15) is 11.6 Å². The second kappa shape index (κ2) is 39.9. The summed E-state index contributed by atoms with van der Waals surface area (Å²) in [5.74, 6) is 0.762. The Bertz CT molecular complexity index is 2090. The van der Waals surface area contributed by atoms with E-state index in [1.165, 1.54) is 6.42 Å². The first kappa shape index (κ1) is 80.4. The number of carbonyl (C=O) groups excluding carboxylic acids is 5. The van der Waals surface area contributed by atoms with Gasteiger partial charge in [-0.25, -0.2) is 0 Å². The Hall–Kier alpha value is -3.66. The van der Waals surface area contributed by atoms with Crippen molar-refractivity contribution in [2.75, 3.05) is 13.2 Å². The molecule has 10 heteroatoms. The third kappa shape index (κ3) is 39.8. The normalized spacial score (nSPS) is 15.6. The Morgan fingerprint density at radius 2 is 0.768 bits per heavy atom. The predicted octanol–water partition coefficient (Wildman–Crippen LogP) is 19.4. The summed E-state index contributed by atoms with van der Waals surface area (Å²) < 4.78 is 10.7. The van der Waals surface area contributed by atoms with Crippen molar-refractivity contribution in [2.45, 2.75) is 243 Å². The summed E-state index contributed by atoms with van der Waals surface area (Å²) in [5, 5.41) is 8.35. The molecule has 0 aliphatic carbocycles. The topological polar surface area (TPSA) is 141 Å². The highest BCUT2D eigenvalue weighted by Crippen LogP contribution is 2.37. The molecule has 6 unspecified atom stereocenters. The molecule has 0 radical (unpaired) electrons. The van der Waals surface area contributed by atoms with Crippen LogP contribution in [0.25, 0.3) is 0 Å². The molecule has 2 aromatic carbocycles. The Kier molecular flexibility index (Phi) is 39.1. The third-order valence-corrected chi connectivity index (χ3v) is 16.1. The van der Waals surface area contributed by atoms with Crippen LogP contribution in [0, 0.1) is 92.7 Å². The first-order valence-electron chi connectivity index (χ1n) is 31.4. The molecular weight excluding hydrogens is 1090 g/mol. The molecule has 0 heterocycles. The zero-order chi connectivity index (χ0) is 63.9. The van der Waals surface area contributed by atoms with Crippen molar-refractivity contribution in [3.05, 3.63) is 71.8 Å². The number of Topliss-reactive ketones (excluding diaryl/α,β-unsaturated/α-hetero) is 2. The number of carboxylic acid groups (broad SMARTS) is 1. The molecule has 2 rings (SSSR count). The fourth-order valence-electron chi connectivity index (χ4n) is 11.1. The summed E-state index contributed by atoms with van der Waals surface area (Å²) in [6, 6.07) is 19.7. The molecule has 0 bridgehead atoms. The van der Waals surface area contributed by atoms with E-state index in [4.69, 9.17) is 14.6 Å². The SMILES string of the molecule is CC(C)[C@H](C)C(=O)O.CC(CCC(C(=O)Br)C(C)CC(C)(C)C)CC(C)(C)C.CCOC(=O)[C@@H](CC(=O)C(CCC(C)CC(C)(C)C)C(C)CC(C)(C)C)Cc1ccccc1.CCOC(=O)[C@@H](CC(=O)[C@@H](C)C(C)C)Cc1ccccc1. The summed E-state index contributed by atoms with van der Waals surface area (Å²) in [7, 11) is 0. The average molecular weight is 1210 g/mol. The lowest BCUT2D eigenvalue weighted by atomic mass is 9.73. The van der Waals surface area contributed by atoms with E-state index in [9.17, 15) is 28.8 Å². The first-order valence-corrected chi connectivity index (χ1v) is 32.2. The van der Waals surface area contributed by atoms with Crippen LogP contribution in [0.15, 0.2) is 60.7 Å². The highest BCUT2D eigenvalue weighted by molar-refractivity contribution is 9.18. The second-order valence-electron chi connectivity index (χ2n) is 29.9. The summed E-state index contributed by atoms with van der Waals surface area (Å²) in [4.78, 5) is 72.8. The van der Waals surface area contributed by atoms with E-state index < -0.39 is 11.9 Å². The van der Waals surface area contributed by atoms with Gasteiger partial charge in [-0.15, -0.1) is 0 Å². The zero-order valence-corrected chi connectivity index (χ0v) is 58.3. The number of esters is 2. The minimum absolute atomic E-state index is 0.0145. The molecule has 10 atom stereocenters. The van der Waals surface area contributed by atoms with E-state index in [0.717, 1.165) is 56.1 Å². The van der Waals surface area contributed by atoms with Gasteiger partial charge in [-0.2, -0.15) is 0 Å². The third-order valence-electron chi connectivity index (χ3n) is 15.5. The van der Waals surface area contributed by atoms with Crippen LogP contribution in [-0.2, 0) is 51.1 Å². The Morgan fingerprint density at radius 1 is 0.451 bits per heavy atom. The molecule has 0 aliphatic heterocycles. The first-order chi connectivity index (χ1) is 37.5. The number of ketones is 2. The second-order valence-corrected chi connectivity index (χ2v) is 30.7. The molecule has 0 fully saturated rings. The smallest absolute Gasteiger partial charge is 0.309 e. The predicted molar refractivity (Wildman–Crippen MR) is 348 cm³/mol. The molecule has 0 saturated carbocycles. The monoisotopic (exact) mass is 1210 g/mol. The lowest BCUT2D eigenvalue weighted by molar-refractivity contribution is -0.150. The molecular formula is C72H123BrO9. The van der Waals surface area contributed by atoms with Crippen LogP contribution in [-0.4, -0.2) is 52.5 Å². The average Bonchev–Trinajstić information content (AvgIpc) is 3.33. The van der Waals surface area contributed by atoms with E-state index in [0.29, 0.717) is 60.6 Å². The number of aliphatic carboxylic acids is 1. The van der Waals surface area contributed by atoms with Gasteiger partial charge < -0.3 is 14.6 Å². The van der Waals surface area contributed by atoms with Crippen molar-refractivity contribution in [1.29, 1.82) is 0 Å². The van der Waals surface area contributed by atoms with Gasteiger partial charge in [0.25, 0.3) is 0 Å². The summed E-state index contributed by atoms with van der Waals surface area (Å²) in [5.41, 5.74) is 3.25. The molecule has 0 aliphatic rings. The highest BCUT2D eigenvalue weighted by atomic mass is 79.9. The Balaban J connectivity index is 0. The number of carboxylic acids is 1. The van der Waals surface area contributed by atoms with E-state index in [-0.39, 0.29) is 93.3 Å². The van der Waals surface area contributed by atoms with E-state index in [1.807, 2.05) is 102 Å². The van der Waals surface area contributed by atoms with Gasteiger partial charge in [0.2, 0.25) is 4.69 Å². The molecule has 0 amide bonds. The van der Waals surface area contributed by atoms with Crippen molar-refractivity contribution in [1.82, 2.24) is 0 Å². The lowest BCUT2D eigenvalue weighted by Crippen LogP contribution is -2.31. The standard InChI is InChI=1S/C30H50O3.C18H35BrO.C18H26O3.C6H12O2/c1-10-33-28(32)25(18-24-14-12-11-13-15-24)19-27(31)26(23(3)21-30(7,8)9)17-16-22(2)20-29(4,5)6;1-13(11-17(3,4)5)9-10-15(16(19)20)14(2)12-18(6,7)8;1-5-21-18(20)16(11-15-9-7-6-8-10-15)12-17(19)14(4)13(2)3;1-4(2)5(3)6(7)8/h11-15,22-23,25-26H,10,16-21H2,1-9H3;13-15H,9-12H2,1-8H3;6-10,13-14,16H,5,11-12H2,1-4H3;4-5H,1-3H3,(H,7,8)/t22?,23?,25-,26?;;14-,16+;5-/m1.00/s1. The van der Waals surface area contributed by atoms with E-state index in [1.54, 1.807) is 13.8 Å². The van der Waals surface area contributed by atoms with Crippen LogP contribution in [0.3, 0.4) is 0 Å². The summed E-state index contributed by atoms with van der Waals surface area (Å²) in [6.07, 6.45) is 10.2. The quantitative estimate of drug-likeness (QED) is 0.0598. The fourth-order valence-corrected chi connectivity index (χ4v) is 11.8. The Labute approximate surface area is 511 Å². The van der Waals surface area contributed by atoms with Gasteiger partial charge in [-0.05, 0) is 162 Å². The van der Waals surface area contributed by atoms with Crippen molar-refractivity contribution in [3.63, 3.8) is 0 Å². The molecule has 1 N–H and O–H groups in total. The molecule has 82 heavy (non-hydrogen) atoms. The van der Waals surface area contributed by atoms with Crippen LogP contribution >= 0.6 is 15.9 Å². The number of carbonyl (C=O) groups is 6. The van der Waals surface area contributed by atoms with Crippen molar-refractivity contribution in [3.8, 4) is 0 Å². The number of rotatable bonds is 30. The maximum absolute atomic E-state index is 13.7. The van der Waals surface area contributed by atoms with Gasteiger partial charge >= 0.3 is 17.9 Å². The Morgan fingerprint density at radius 3 is 1.05 bits per heavy atom. The van der Waals surface area contributed by atoms with E-state index in [2.05, 4.69) is 127 Å². The van der Waals surface area contributed by atoms with Crippen LogP contribution in [0.4, 0.5) is 0 Å². The van der Waals surface area contributed by atoms with Crippen molar-refractivity contribution in [2.24, 2.45) is 92.7 Å². The number of ether oxygens (including phenoxy) is 2. The number of halogens is 1. The number of hydrogen-bond donors (Lipinski definition) is 1. The van der Waals surface area contributed by atoms with Gasteiger partial charge in [-0.3, -0.25) is 28.8 Å². The maximum Gasteiger partial charge on any atom is 0.309 e. The van der Waals surface area contributed by atoms with Gasteiger partial charge in [0.15, 0.2) is 0 Å². The van der Waals surface area contributed by atoms with Crippen LogP contribution < -0.4 is 0 Å². The minimum atomic E-state index is -0.708. The molecule has 2 aromatic rings. The molecule has 9 nitrogen and oxygen atoms in total. The van der Waals surface area contributed by atoms with E-state index >= 15 is 0 Å². The highest BCUT2D eigenvalue weighted by Gasteiger charge is 2.34. The van der Waals surface area contributed by atoms with Gasteiger partial charge in [0.05, 0.1) is 31.0 Å². The van der Waals surface area contributed by atoms with Crippen LogP contribution in [0.2, 0.25) is 0 Å². The van der Waals surface area contributed by atoms with Crippen LogP contribution in [0.5, 0.6) is 0 Å². The number of hydrogen-bond acceptors (Lipinski definition) is 8. The van der Waals surface area contributed by atoms with Gasteiger partial charge in [-0.1, -0.05) is 213 Å². The largest absolute Gasteiger partial charge is 0.481 e. The zero-order valence-electron chi connectivity index (χ0n) is 56.7. The minimum Gasteiger partial charge on any atom is -0.481 e. The summed E-state index contributed by atoms with van der Waals surface area (Å²) in [6.45, 7) is 52.0. The molecule has 0 spiro atoms. The van der Waals surface area contributed by atoms with Crippen molar-refractivity contribution < 1.29 is 43.3 Å². The fraction of sp³-hybridized carbons (Fsp3) is 0.750. The molecule has 472 valence electrons. The number of benzene rings is 2. The lowest BCUT2D eigenvalue weighted by Gasteiger charge is -2.31. The maximum atomic E-state index is 13.7.